The van der Waals surface area contributed by atoms with Crippen molar-refractivity contribution >= 4 is 5.97 Å². The van der Waals surface area contributed by atoms with Gasteiger partial charge in [0.05, 0.1) is 12.2 Å². The second-order valence-corrected chi connectivity index (χ2v) is 7.42. The number of likely N-dealkylation sites (tertiary alicyclic amines) is 1. The summed E-state index contributed by atoms with van der Waals surface area (Å²) in [5, 5.41) is 12.0. The van der Waals surface area contributed by atoms with Crippen molar-refractivity contribution in [1.82, 2.24) is 4.90 Å². The van der Waals surface area contributed by atoms with Crippen molar-refractivity contribution < 1.29 is 14.6 Å². The minimum Gasteiger partial charge on any atom is -0.465 e. The first-order valence-electron chi connectivity index (χ1n) is 9.29. The Labute approximate surface area is 146 Å². The summed E-state index contributed by atoms with van der Waals surface area (Å²) in [4.78, 5) is 15.4. The molecule has 1 N–H and O–H groups in total. The maximum Gasteiger partial charge on any atom is 0.316 e. The number of hydrogen-bond donors (Lipinski definition) is 1. The van der Waals surface area contributed by atoms with E-state index in [1.807, 2.05) is 13.0 Å². The Morgan fingerprint density at radius 2 is 2.00 bits per heavy atom. The van der Waals surface area contributed by atoms with E-state index in [4.69, 9.17) is 4.74 Å². The average Bonchev–Trinajstić information content (AvgIpc) is 2.54. The monoisotopic (exact) mass is 335 g/mol. The summed E-state index contributed by atoms with van der Waals surface area (Å²) in [6.45, 7) is 14.3. The van der Waals surface area contributed by atoms with Crippen molar-refractivity contribution in [3.05, 3.63) is 25.3 Å². The van der Waals surface area contributed by atoms with E-state index in [9.17, 15) is 9.90 Å². The van der Waals surface area contributed by atoms with E-state index in [2.05, 4.69) is 25.0 Å². The van der Waals surface area contributed by atoms with Crippen molar-refractivity contribution in [2.45, 2.75) is 58.0 Å². The van der Waals surface area contributed by atoms with E-state index in [0.29, 0.717) is 26.0 Å². The van der Waals surface area contributed by atoms with Crippen LogP contribution in [0.25, 0.3) is 0 Å². The first-order valence-corrected chi connectivity index (χ1v) is 9.29. The Morgan fingerprint density at radius 3 is 2.58 bits per heavy atom. The molecular weight excluding hydrogens is 302 g/mol. The summed E-state index contributed by atoms with van der Waals surface area (Å²) >= 11 is 0. The normalized spacial score (nSPS) is 36.1. The zero-order chi connectivity index (χ0) is 17.8. The molecule has 24 heavy (non-hydrogen) atoms. The van der Waals surface area contributed by atoms with E-state index in [0.717, 1.165) is 38.8 Å². The van der Waals surface area contributed by atoms with Crippen molar-refractivity contribution in [2.24, 2.45) is 10.8 Å². The zero-order valence-electron chi connectivity index (χ0n) is 15.4. The predicted octanol–water partition coefficient (Wildman–Crippen LogP) is 3.32. The predicted molar refractivity (Wildman–Crippen MR) is 96.7 cm³/mol. The molecule has 0 aromatic carbocycles. The van der Waals surface area contributed by atoms with Gasteiger partial charge in [-0.05, 0) is 45.6 Å². The highest BCUT2D eigenvalue weighted by molar-refractivity contribution is 5.80. The minimum atomic E-state index is -1.10. The lowest BCUT2D eigenvalue weighted by molar-refractivity contribution is -0.251. The second-order valence-electron chi connectivity index (χ2n) is 7.42. The number of hydrogen-bond acceptors (Lipinski definition) is 4. The summed E-state index contributed by atoms with van der Waals surface area (Å²) < 4.78 is 5.46. The standard InChI is InChI=1S/C20H33NO3/c1-5-9-12-18-13-10-14-19(17(22)24-8-4,16-21(7-3)15-18)20(18,23)11-6-2/h5-6,23H,1-2,7-16H2,3-4H3/t18-,19+,20-/m0/s1. The van der Waals surface area contributed by atoms with Gasteiger partial charge in [0.25, 0.3) is 0 Å². The van der Waals surface area contributed by atoms with Crippen LogP contribution in [0.5, 0.6) is 0 Å². The Hall–Kier alpha value is -1.13. The molecule has 136 valence electrons. The van der Waals surface area contributed by atoms with Gasteiger partial charge in [-0.15, -0.1) is 13.2 Å². The number of esters is 1. The molecule has 0 aromatic heterocycles. The second kappa shape index (κ2) is 7.40. The number of fused-ring (bicyclic) bond motifs is 2. The van der Waals surface area contributed by atoms with E-state index in [1.165, 1.54) is 0 Å². The zero-order valence-corrected chi connectivity index (χ0v) is 15.4. The Morgan fingerprint density at radius 1 is 1.25 bits per heavy atom. The quantitative estimate of drug-likeness (QED) is 0.546. The van der Waals surface area contributed by atoms with Gasteiger partial charge in [-0.1, -0.05) is 25.5 Å². The lowest BCUT2D eigenvalue weighted by Crippen LogP contribution is -2.74. The number of piperidine rings is 1. The molecule has 1 saturated heterocycles. The lowest BCUT2D eigenvalue weighted by atomic mass is 9.46. The Kier molecular flexibility index (Phi) is 5.92. The number of carbonyl (C=O) groups excluding carboxylic acids is 1. The summed E-state index contributed by atoms with van der Waals surface area (Å²) in [5.41, 5.74) is -2.26. The molecule has 0 unspecified atom stereocenters. The van der Waals surface area contributed by atoms with Gasteiger partial charge in [0.15, 0.2) is 0 Å². The van der Waals surface area contributed by atoms with Crippen LogP contribution in [0.3, 0.4) is 0 Å². The van der Waals surface area contributed by atoms with Gasteiger partial charge in [-0.25, -0.2) is 0 Å². The largest absolute Gasteiger partial charge is 0.465 e. The molecule has 1 aliphatic carbocycles. The molecular formula is C20H33NO3. The third kappa shape index (κ3) is 2.74. The van der Waals surface area contributed by atoms with E-state index in [-0.39, 0.29) is 11.4 Å². The Bertz CT molecular complexity index is 491. The van der Waals surface area contributed by atoms with Crippen molar-refractivity contribution in [3.8, 4) is 0 Å². The first kappa shape index (κ1) is 19.2. The molecule has 1 saturated carbocycles. The number of carbonyl (C=O) groups is 1. The van der Waals surface area contributed by atoms with Crippen LogP contribution in [0, 0.1) is 10.8 Å². The maximum absolute atomic E-state index is 13.0. The molecule has 0 spiro atoms. The van der Waals surface area contributed by atoms with Gasteiger partial charge in [-0.2, -0.15) is 0 Å². The molecule has 1 heterocycles. The molecule has 2 aliphatic rings. The van der Waals surface area contributed by atoms with Gasteiger partial charge in [0.1, 0.15) is 5.41 Å². The summed E-state index contributed by atoms with van der Waals surface area (Å²) in [5.74, 6) is -0.241. The van der Waals surface area contributed by atoms with Crippen LogP contribution < -0.4 is 0 Å². The van der Waals surface area contributed by atoms with Crippen molar-refractivity contribution in [3.63, 3.8) is 0 Å². The van der Waals surface area contributed by atoms with Gasteiger partial charge in [0.2, 0.25) is 0 Å². The Balaban J connectivity index is 2.57. The number of ether oxygens (including phenoxy) is 1. The number of allylic oxidation sites excluding steroid dienone is 1. The maximum atomic E-state index is 13.0. The highest BCUT2D eigenvalue weighted by Gasteiger charge is 2.69. The van der Waals surface area contributed by atoms with Crippen LogP contribution >= 0.6 is 0 Å². The highest BCUT2D eigenvalue weighted by atomic mass is 16.5. The molecule has 2 rings (SSSR count). The van der Waals surface area contributed by atoms with Crippen LogP contribution in [-0.4, -0.2) is 47.8 Å². The topological polar surface area (TPSA) is 49.8 Å². The fourth-order valence-corrected chi connectivity index (χ4v) is 5.17. The molecule has 4 nitrogen and oxygen atoms in total. The lowest BCUT2D eigenvalue weighted by Gasteiger charge is -2.65. The molecule has 4 heteroatoms. The van der Waals surface area contributed by atoms with E-state index in [1.54, 1.807) is 6.08 Å². The van der Waals surface area contributed by atoms with Crippen LogP contribution in [0.1, 0.15) is 52.4 Å². The molecule has 1 aliphatic heterocycles. The molecule has 0 amide bonds. The summed E-state index contributed by atoms with van der Waals surface area (Å²) in [6, 6.07) is 0. The van der Waals surface area contributed by atoms with Crippen LogP contribution in [-0.2, 0) is 9.53 Å². The van der Waals surface area contributed by atoms with Crippen LogP contribution in [0.2, 0.25) is 0 Å². The van der Waals surface area contributed by atoms with Crippen LogP contribution in [0.15, 0.2) is 25.3 Å². The fraction of sp³-hybridized carbons (Fsp3) is 0.750. The average molecular weight is 335 g/mol. The smallest absolute Gasteiger partial charge is 0.316 e. The molecule has 2 fully saturated rings. The number of aliphatic hydroxyl groups is 1. The third-order valence-electron chi connectivity index (χ3n) is 6.33. The fourth-order valence-electron chi connectivity index (χ4n) is 5.17. The minimum absolute atomic E-state index is 0.241. The van der Waals surface area contributed by atoms with E-state index >= 15 is 0 Å². The number of rotatable bonds is 8. The summed E-state index contributed by atoms with van der Waals surface area (Å²) in [6.07, 6.45) is 8.37. The summed E-state index contributed by atoms with van der Waals surface area (Å²) in [7, 11) is 0. The SMILES string of the molecule is C=CCC[C@]12CCC[C@](C(=O)OCC)(CN(CC)C1)[C@]2(O)CC=C. The van der Waals surface area contributed by atoms with Crippen LogP contribution in [0.4, 0.5) is 0 Å². The van der Waals surface area contributed by atoms with Gasteiger partial charge in [-0.3, -0.25) is 4.79 Å². The third-order valence-corrected chi connectivity index (χ3v) is 6.33. The molecule has 0 radical (unpaired) electrons. The molecule has 2 bridgehead atoms. The van der Waals surface area contributed by atoms with Gasteiger partial charge >= 0.3 is 5.97 Å². The highest BCUT2D eigenvalue weighted by Crippen LogP contribution is 2.61. The van der Waals surface area contributed by atoms with E-state index < -0.39 is 11.0 Å². The number of nitrogens with zero attached hydrogens (tertiary/aromatic N) is 1. The van der Waals surface area contributed by atoms with Crippen molar-refractivity contribution in [1.29, 1.82) is 0 Å². The first-order chi connectivity index (χ1) is 11.4. The van der Waals surface area contributed by atoms with Gasteiger partial charge in [0, 0.05) is 18.5 Å². The van der Waals surface area contributed by atoms with Crippen molar-refractivity contribution in [2.75, 3.05) is 26.2 Å². The van der Waals surface area contributed by atoms with Gasteiger partial charge < -0.3 is 14.7 Å². The molecule has 3 atom stereocenters. The molecule has 0 aromatic rings.